The summed E-state index contributed by atoms with van der Waals surface area (Å²) in [6.45, 7) is 4.85. The summed E-state index contributed by atoms with van der Waals surface area (Å²) in [7, 11) is 3.21. The second-order valence-electron chi connectivity index (χ2n) is 5.64. The van der Waals surface area contributed by atoms with Crippen molar-refractivity contribution in [2.75, 3.05) is 26.1 Å². The largest absolute Gasteiger partial charge is 0.493 e. The fourth-order valence-corrected chi connectivity index (χ4v) is 2.52. The standard InChI is InChI=1S/C19H25N3O2/c1-13-5-6-15(14(2)11-13)9-10-21-19(20)22-16-7-8-17(23-3)18(12-16)24-4/h5-8,11-12H,9-10H2,1-4H3,(H3,20,21,22). The van der Waals surface area contributed by atoms with Crippen molar-refractivity contribution >= 4 is 11.6 Å². The molecule has 2 aromatic carbocycles. The maximum atomic E-state index is 5.96. The van der Waals surface area contributed by atoms with E-state index in [1.54, 1.807) is 14.2 Å². The van der Waals surface area contributed by atoms with Crippen LogP contribution < -0.4 is 20.5 Å². The van der Waals surface area contributed by atoms with Crippen LogP contribution in [0.5, 0.6) is 11.5 Å². The third-order valence-electron chi connectivity index (χ3n) is 3.82. The highest BCUT2D eigenvalue weighted by atomic mass is 16.5. The van der Waals surface area contributed by atoms with Gasteiger partial charge in [-0.05, 0) is 43.5 Å². The van der Waals surface area contributed by atoms with Crippen LogP contribution in [0.1, 0.15) is 16.7 Å². The Morgan fingerprint density at radius 3 is 2.46 bits per heavy atom. The quantitative estimate of drug-likeness (QED) is 0.631. The number of ether oxygens (including phenoxy) is 2. The molecule has 0 spiro atoms. The van der Waals surface area contributed by atoms with E-state index in [-0.39, 0.29) is 0 Å². The number of aryl methyl sites for hydroxylation is 2. The predicted octanol–water partition coefficient (Wildman–Crippen LogP) is 3.29. The van der Waals surface area contributed by atoms with Gasteiger partial charge in [-0.25, -0.2) is 0 Å². The molecule has 0 aliphatic carbocycles. The summed E-state index contributed by atoms with van der Waals surface area (Å²) in [6, 6.07) is 12.0. The van der Waals surface area contributed by atoms with Gasteiger partial charge < -0.3 is 20.5 Å². The van der Waals surface area contributed by atoms with Crippen molar-refractivity contribution in [1.29, 1.82) is 0 Å². The van der Waals surface area contributed by atoms with Gasteiger partial charge in [-0.1, -0.05) is 23.8 Å². The molecule has 0 radical (unpaired) electrons. The average Bonchev–Trinajstić information content (AvgIpc) is 2.56. The van der Waals surface area contributed by atoms with Crippen LogP contribution in [-0.4, -0.2) is 26.7 Å². The van der Waals surface area contributed by atoms with E-state index in [2.05, 4.69) is 42.4 Å². The molecule has 2 rings (SSSR count). The summed E-state index contributed by atoms with van der Waals surface area (Å²) < 4.78 is 10.5. The molecule has 24 heavy (non-hydrogen) atoms. The highest BCUT2D eigenvalue weighted by Gasteiger charge is 2.05. The molecule has 3 N–H and O–H groups in total. The highest BCUT2D eigenvalue weighted by molar-refractivity contribution is 5.92. The van der Waals surface area contributed by atoms with Gasteiger partial charge in [0.05, 0.1) is 14.2 Å². The molecule has 5 heteroatoms. The Hall–Kier alpha value is -2.69. The van der Waals surface area contributed by atoms with Gasteiger partial charge in [-0.2, -0.15) is 0 Å². The van der Waals surface area contributed by atoms with Gasteiger partial charge in [0.2, 0.25) is 0 Å². The monoisotopic (exact) mass is 327 g/mol. The summed E-state index contributed by atoms with van der Waals surface area (Å²) in [5.41, 5.74) is 10.6. The molecule has 128 valence electrons. The first-order valence-electron chi connectivity index (χ1n) is 7.88. The Bertz CT molecular complexity index is 727. The average molecular weight is 327 g/mol. The van der Waals surface area contributed by atoms with Crippen molar-refractivity contribution in [2.45, 2.75) is 20.3 Å². The highest BCUT2D eigenvalue weighted by Crippen LogP contribution is 2.29. The first-order chi connectivity index (χ1) is 11.5. The summed E-state index contributed by atoms with van der Waals surface area (Å²) in [6.07, 6.45) is 0.862. The van der Waals surface area contributed by atoms with E-state index in [4.69, 9.17) is 15.2 Å². The number of guanidine groups is 1. The van der Waals surface area contributed by atoms with Crippen LogP contribution >= 0.6 is 0 Å². The van der Waals surface area contributed by atoms with E-state index < -0.39 is 0 Å². The van der Waals surface area contributed by atoms with Gasteiger partial charge in [-0.3, -0.25) is 4.99 Å². The van der Waals surface area contributed by atoms with Crippen LogP contribution in [0.4, 0.5) is 5.69 Å². The molecule has 0 bridgehead atoms. The number of rotatable bonds is 6. The fraction of sp³-hybridized carbons (Fsp3) is 0.316. The summed E-state index contributed by atoms with van der Waals surface area (Å²) in [5.74, 6) is 1.70. The topological polar surface area (TPSA) is 68.9 Å². The van der Waals surface area contributed by atoms with E-state index in [1.807, 2.05) is 18.2 Å². The molecule has 0 aliphatic heterocycles. The fourth-order valence-electron chi connectivity index (χ4n) is 2.52. The van der Waals surface area contributed by atoms with Crippen molar-refractivity contribution in [3.63, 3.8) is 0 Å². The van der Waals surface area contributed by atoms with Crippen molar-refractivity contribution in [3.05, 3.63) is 53.1 Å². The van der Waals surface area contributed by atoms with Crippen LogP contribution in [0.2, 0.25) is 0 Å². The number of nitrogens with two attached hydrogens (primary N) is 1. The minimum absolute atomic E-state index is 0.381. The number of methoxy groups -OCH3 is 2. The van der Waals surface area contributed by atoms with E-state index in [9.17, 15) is 0 Å². The van der Waals surface area contributed by atoms with E-state index >= 15 is 0 Å². The zero-order valence-electron chi connectivity index (χ0n) is 14.7. The number of anilines is 1. The number of nitrogens with zero attached hydrogens (tertiary/aromatic N) is 1. The van der Waals surface area contributed by atoms with Crippen LogP contribution in [-0.2, 0) is 6.42 Å². The molecular formula is C19H25N3O2. The molecule has 0 saturated carbocycles. The normalized spacial score (nSPS) is 11.2. The lowest BCUT2D eigenvalue weighted by atomic mass is 10.0. The predicted molar refractivity (Wildman–Crippen MR) is 99.3 cm³/mol. The van der Waals surface area contributed by atoms with Crippen molar-refractivity contribution < 1.29 is 9.47 Å². The van der Waals surface area contributed by atoms with Gasteiger partial charge in [-0.15, -0.1) is 0 Å². The summed E-state index contributed by atoms with van der Waals surface area (Å²) >= 11 is 0. The molecule has 0 aliphatic rings. The minimum Gasteiger partial charge on any atom is -0.493 e. The van der Waals surface area contributed by atoms with Crippen LogP contribution in [0.25, 0.3) is 0 Å². The number of hydrogen-bond acceptors (Lipinski definition) is 3. The Balaban J connectivity index is 1.96. The Morgan fingerprint density at radius 2 is 1.79 bits per heavy atom. The molecule has 0 heterocycles. The molecule has 0 atom stereocenters. The molecule has 0 aromatic heterocycles. The van der Waals surface area contributed by atoms with Gasteiger partial charge in [0.15, 0.2) is 17.5 Å². The van der Waals surface area contributed by atoms with Crippen LogP contribution in [0.15, 0.2) is 41.4 Å². The van der Waals surface area contributed by atoms with Gasteiger partial charge >= 0.3 is 0 Å². The number of benzene rings is 2. The third kappa shape index (κ3) is 4.65. The SMILES string of the molecule is COc1ccc(NC(N)=NCCc2ccc(C)cc2C)cc1OC. The van der Waals surface area contributed by atoms with Crippen molar-refractivity contribution in [3.8, 4) is 11.5 Å². The molecule has 0 amide bonds. The molecule has 0 fully saturated rings. The molecule has 2 aromatic rings. The first kappa shape index (κ1) is 17.7. The number of aliphatic imine (C=N–C) groups is 1. The lowest BCUT2D eigenvalue weighted by Crippen LogP contribution is -2.23. The second-order valence-corrected chi connectivity index (χ2v) is 5.64. The second kappa shape index (κ2) is 8.24. The summed E-state index contributed by atoms with van der Waals surface area (Å²) in [5, 5.41) is 3.07. The van der Waals surface area contributed by atoms with Crippen LogP contribution in [0, 0.1) is 13.8 Å². The van der Waals surface area contributed by atoms with Gasteiger partial charge in [0.25, 0.3) is 0 Å². The molecule has 0 unspecified atom stereocenters. The van der Waals surface area contributed by atoms with E-state index in [1.165, 1.54) is 16.7 Å². The number of nitrogens with one attached hydrogen (secondary N) is 1. The Kier molecular flexibility index (Phi) is 6.07. The van der Waals surface area contributed by atoms with E-state index in [0.29, 0.717) is 24.0 Å². The van der Waals surface area contributed by atoms with Crippen molar-refractivity contribution in [2.24, 2.45) is 10.7 Å². The van der Waals surface area contributed by atoms with E-state index in [0.717, 1.165) is 12.1 Å². The zero-order valence-corrected chi connectivity index (χ0v) is 14.7. The minimum atomic E-state index is 0.381. The smallest absolute Gasteiger partial charge is 0.193 e. The Morgan fingerprint density at radius 1 is 1.04 bits per heavy atom. The van der Waals surface area contributed by atoms with Crippen LogP contribution in [0.3, 0.4) is 0 Å². The van der Waals surface area contributed by atoms with Gasteiger partial charge in [0, 0.05) is 18.3 Å². The maximum absolute atomic E-state index is 5.96. The molecule has 0 saturated heterocycles. The van der Waals surface area contributed by atoms with Gasteiger partial charge in [0.1, 0.15) is 0 Å². The zero-order chi connectivity index (χ0) is 17.5. The third-order valence-corrected chi connectivity index (χ3v) is 3.82. The Labute approximate surface area is 143 Å². The maximum Gasteiger partial charge on any atom is 0.193 e. The lowest BCUT2D eigenvalue weighted by molar-refractivity contribution is 0.355. The molecule has 5 nitrogen and oxygen atoms in total. The molecular weight excluding hydrogens is 302 g/mol. The number of hydrogen-bond donors (Lipinski definition) is 2. The summed E-state index contributed by atoms with van der Waals surface area (Å²) in [4.78, 5) is 4.39. The lowest BCUT2D eigenvalue weighted by Gasteiger charge is -2.11. The van der Waals surface area contributed by atoms with Crippen molar-refractivity contribution in [1.82, 2.24) is 0 Å². The first-order valence-corrected chi connectivity index (χ1v) is 7.88.